The van der Waals surface area contributed by atoms with Crippen LogP contribution in [-0.2, 0) is 25.9 Å². The van der Waals surface area contributed by atoms with Crippen LogP contribution in [0.25, 0.3) is 5.69 Å². The van der Waals surface area contributed by atoms with E-state index < -0.39 is 0 Å². The highest BCUT2D eigenvalue weighted by atomic mass is 79.9. The number of aliphatic hydroxyl groups is 1. The van der Waals surface area contributed by atoms with Crippen molar-refractivity contribution in [3.05, 3.63) is 74.8 Å². The minimum Gasteiger partial charge on any atom is -0.388 e. The Morgan fingerprint density at radius 1 is 0.964 bits per heavy atom. The summed E-state index contributed by atoms with van der Waals surface area (Å²) in [7, 11) is 0. The van der Waals surface area contributed by atoms with Gasteiger partial charge in [0.15, 0.2) is 11.6 Å². The fraction of sp³-hybridized carbons (Fsp3) is 0.318. The van der Waals surface area contributed by atoms with Crippen LogP contribution in [0.3, 0.4) is 0 Å². The minimum atomic E-state index is -0.248. The van der Waals surface area contributed by atoms with E-state index in [1.165, 1.54) is 5.56 Å². The molecule has 0 saturated heterocycles. The zero-order valence-electron chi connectivity index (χ0n) is 16.4. The summed E-state index contributed by atoms with van der Waals surface area (Å²) in [5.74, 6) is 1.08. The van der Waals surface area contributed by atoms with E-state index in [1.807, 2.05) is 37.3 Å². The third kappa shape index (κ3) is 3.80. The Bertz CT molecular complexity index is 990. The Morgan fingerprint density at radius 2 is 1.71 bits per heavy atom. The molecule has 3 aromatic rings. The van der Waals surface area contributed by atoms with Crippen LogP contribution < -0.4 is 0 Å². The third-order valence-corrected chi connectivity index (χ3v) is 5.40. The highest BCUT2D eigenvalue weighted by Gasteiger charge is 2.21. The summed E-state index contributed by atoms with van der Waals surface area (Å²) < 4.78 is 2.60. The van der Waals surface area contributed by atoms with Gasteiger partial charge in [0.25, 0.3) is 0 Å². The highest BCUT2D eigenvalue weighted by Crippen LogP contribution is 2.27. The number of aromatic nitrogens is 3. The van der Waals surface area contributed by atoms with Crippen LogP contribution in [0.5, 0.6) is 0 Å². The van der Waals surface area contributed by atoms with Crippen molar-refractivity contribution in [3.8, 4) is 5.69 Å². The third-order valence-electron chi connectivity index (χ3n) is 4.90. The van der Waals surface area contributed by atoms with Gasteiger partial charge in [-0.25, -0.2) is 0 Å². The SMILES string of the molecule is CCc1ccc(C(=O)c2cc(Br)ccc2-n2c(CC)nnc2CO)c(CC)c1. The molecule has 1 N–H and O–H groups in total. The molecule has 0 saturated carbocycles. The van der Waals surface area contributed by atoms with Gasteiger partial charge in [-0.3, -0.25) is 9.36 Å². The van der Waals surface area contributed by atoms with Gasteiger partial charge in [-0.15, -0.1) is 10.2 Å². The second kappa shape index (κ2) is 8.80. The Morgan fingerprint density at radius 3 is 2.36 bits per heavy atom. The zero-order chi connectivity index (χ0) is 20.3. The lowest BCUT2D eigenvalue weighted by atomic mass is 9.93. The monoisotopic (exact) mass is 441 g/mol. The van der Waals surface area contributed by atoms with Gasteiger partial charge >= 0.3 is 0 Å². The molecule has 0 spiro atoms. The number of carbonyl (C=O) groups is 1. The molecule has 1 aromatic heterocycles. The van der Waals surface area contributed by atoms with Crippen molar-refractivity contribution < 1.29 is 9.90 Å². The van der Waals surface area contributed by atoms with E-state index in [9.17, 15) is 9.90 Å². The summed E-state index contributed by atoms with van der Waals surface area (Å²) in [6.07, 6.45) is 2.36. The predicted octanol–water partition coefficient (Wildman–Crippen LogP) is 4.44. The van der Waals surface area contributed by atoms with Crippen LogP contribution in [-0.4, -0.2) is 25.7 Å². The second-order valence-electron chi connectivity index (χ2n) is 6.57. The van der Waals surface area contributed by atoms with Gasteiger partial charge in [0.05, 0.1) is 5.69 Å². The number of ketones is 1. The number of nitrogens with zero attached hydrogens (tertiary/aromatic N) is 3. The van der Waals surface area contributed by atoms with Gasteiger partial charge in [-0.2, -0.15) is 0 Å². The van der Waals surface area contributed by atoms with Gasteiger partial charge in [0.1, 0.15) is 12.4 Å². The average molecular weight is 442 g/mol. The lowest BCUT2D eigenvalue weighted by Gasteiger charge is -2.16. The second-order valence-corrected chi connectivity index (χ2v) is 7.48. The van der Waals surface area contributed by atoms with E-state index in [-0.39, 0.29) is 12.4 Å². The molecule has 0 aliphatic carbocycles. The Hall–Kier alpha value is -2.31. The normalized spacial score (nSPS) is 11.0. The number of halogens is 1. The molecule has 0 radical (unpaired) electrons. The maximum Gasteiger partial charge on any atom is 0.195 e. The average Bonchev–Trinajstić information content (AvgIpc) is 3.15. The Kier molecular flexibility index (Phi) is 6.42. The first kappa shape index (κ1) is 20.4. The standard InChI is InChI=1S/C22H24BrN3O2/c1-4-14-7-9-17(15(5-2)11-14)22(28)18-12-16(23)8-10-19(18)26-20(6-3)24-25-21(26)13-27/h7-12,27H,4-6,13H2,1-3H3. The van der Waals surface area contributed by atoms with E-state index in [1.54, 1.807) is 4.57 Å². The molecule has 0 unspecified atom stereocenters. The van der Waals surface area contributed by atoms with Crippen LogP contribution in [0, 0.1) is 0 Å². The van der Waals surface area contributed by atoms with Crippen LogP contribution in [0.1, 0.15) is 59.5 Å². The summed E-state index contributed by atoms with van der Waals surface area (Å²) in [5.41, 5.74) is 4.20. The smallest absolute Gasteiger partial charge is 0.195 e. The minimum absolute atomic E-state index is 0.0459. The summed E-state index contributed by atoms with van der Waals surface area (Å²) in [6.45, 7) is 5.90. The molecule has 6 heteroatoms. The summed E-state index contributed by atoms with van der Waals surface area (Å²) in [6, 6.07) is 11.6. The molecule has 5 nitrogen and oxygen atoms in total. The number of aliphatic hydroxyl groups excluding tert-OH is 1. The molecule has 0 aliphatic heterocycles. The van der Waals surface area contributed by atoms with Crippen LogP contribution >= 0.6 is 15.9 Å². The maximum atomic E-state index is 13.6. The maximum absolute atomic E-state index is 13.6. The molecule has 1 heterocycles. The lowest BCUT2D eigenvalue weighted by molar-refractivity contribution is 0.103. The lowest BCUT2D eigenvalue weighted by Crippen LogP contribution is -2.13. The van der Waals surface area contributed by atoms with E-state index in [4.69, 9.17) is 0 Å². The number of benzene rings is 2. The fourth-order valence-electron chi connectivity index (χ4n) is 3.37. The molecule has 28 heavy (non-hydrogen) atoms. The quantitative estimate of drug-likeness (QED) is 0.550. The topological polar surface area (TPSA) is 68.0 Å². The Labute approximate surface area is 173 Å². The highest BCUT2D eigenvalue weighted by molar-refractivity contribution is 9.10. The first-order valence-corrected chi connectivity index (χ1v) is 10.3. The van der Waals surface area contributed by atoms with Gasteiger partial charge in [0, 0.05) is 22.0 Å². The van der Waals surface area contributed by atoms with Crippen molar-refractivity contribution in [2.24, 2.45) is 0 Å². The molecule has 0 atom stereocenters. The van der Waals surface area contributed by atoms with E-state index >= 15 is 0 Å². The van der Waals surface area contributed by atoms with Crippen molar-refractivity contribution in [2.45, 2.75) is 46.6 Å². The molecule has 146 valence electrons. The molecule has 0 bridgehead atoms. The zero-order valence-corrected chi connectivity index (χ0v) is 18.0. The van der Waals surface area contributed by atoms with Crippen molar-refractivity contribution in [2.75, 3.05) is 0 Å². The molecule has 2 aromatic carbocycles. The number of carbonyl (C=O) groups excluding carboxylic acids is 1. The summed E-state index contributed by atoms with van der Waals surface area (Å²) in [5, 5.41) is 17.9. The van der Waals surface area contributed by atoms with Crippen molar-refractivity contribution in [1.29, 1.82) is 0 Å². The van der Waals surface area contributed by atoms with Crippen LogP contribution in [0.15, 0.2) is 40.9 Å². The van der Waals surface area contributed by atoms with E-state index in [0.717, 1.165) is 22.9 Å². The number of rotatable bonds is 7. The number of hydrogen-bond donors (Lipinski definition) is 1. The Balaban J connectivity index is 2.20. The van der Waals surface area contributed by atoms with Crippen molar-refractivity contribution in [1.82, 2.24) is 14.8 Å². The summed E-state index contributed by atoms with van der Waals surface area (Å²) in [4.78, 5) is 13.6. The van der Waals surface area contributed by atoms with Crippen molar-refractivity contribution >= 4 is 21.7 Å². The fourth-order valence-corrected chi connectivity index (χ4v) is 3.74. The van der Waals surface area contributed by atoms with Crippen molar-refractivity contribution in [3.63, 3.8) is 0 Å². The van der Waals surface area contributed by atoms with Crippen LogP contribution in [0.2, 0.25) is 0 Å². The molecular formula is C22H24BrN3O2. The number of hydrogen-bond acceptors (Lipinski definition) is 4. The number of aryl methyl sites for hydroxylation is 3. The molecule has 0 fully saturated rings. The first-order chi connectivity index (χ1) is 13.5. The van der Waals surface area contributed by atoms with E-state index in [2.05, 4.69) is 46.0 Å². The van der Waals surface area contributed by atoms with Gasteiger partial charge in [-0.1, -0.05) is 54.9 Å². The molecule has 3 rings (SSSR count). The van der Waals surface area contributed by atoms with Gasteiger partial charge in [-0.05, 0) is 42.2 Å². The molecule has 0 aliphatic rings. The van der Waals surface area contributed by atoms with Gasteiger partial charge in [0.2, 0.25) is 0 Å². The predicted molar refractivity (Wildman–Crippen MR) is 113 cm³/mol. The molecule has 0 amide bonds. The van der Waals surface area contributed by atoms with Gasteiger partial charge < -0.3 is 5.11 Å². The van der Waals surface area contributed by atoms with Crippen LogP contribution in [0.4, 0.5) is 0 Å². The summed E-state index contributed by atoms with van der Waals surface area (Å²) >= 11 is 3.49. The largest absolute Gasteiger partial charge is 0.388 e. The molecular weight excluding hydrogens is 418 g/mol. The van der Waals surface area contributed by atoms with E-state index in [0.29, 0.717) is 34.9 Å². The first-order valence-electron chi connectivity index (χ1n) is 9.54.